The minimum Gasteiger partial charge on any atom is -0.344 e. The van der Waals surface area contributed by atoms with Crippen LogP contribution in [0.5, 0.6) is 0 Å². The fourth-order valence-corrected chi connectivity index (χ4v) is 4.07. The van der Waals surface area contributed by atoms with Crippen LogP contribution in [0.4, 0.5) is 0 Å². The average Bonchev–Trinajstić information content (AvgIpc) is 2.65. The number of carbonyl (C=O) groups is 1. The number of rotatable bonds is 9. The zero-order chi connectivity index (χ0) is 20.7. The highest BCUT2D eigenvalue weighted by molar-refractivity contribution is 7.89. The lowest BCUT2D eigenvalue weighted by atomic mass is 10.0. The summed E-state index contributed by atoms with van der Waals surface area (Å²) in [4.78, 5) is 18.7. The number of aromatic nitrogens is 1. The first-order valence-corrected chi connectivity index (χ1v) is 10.9. The Labute approximate surface area is 168 Å². The number of sulfonamides is 1. The number of aryl methyl sites for hydroxylation is 1. The number of nitrogens with zero attached hydrogens (tertiary/aromatic N) is 2. The molecule has 6 nitrogen and oxygen atoms in total. The molecule has 1 aromatic carbocycles. The fraction of sp³-hybridized carbons (Fsp3) is 0.429. The van der Waals surface area contributed by atoms with Crippen LogP contribution in [-0.2, 0) is 21.2 Å². The topological polar surface area (TPSA) is 79.4 Å². The van der Waals surface area contributed by atoms with Gasteiger partial charge in [-0.15, -0.1) is 0 Å². The van der Waals surface area contributed by atoms with Crippen molar-refractivity contribution in [3.63, 3.8) is 0 Å². The molecule has 0 saturated heterocycles. The molecule has 1 amide bonds. The van der Waals surface area contributed by atoms with Crippen molar-refractivity contribution < 1.29 is 13.2 Å². The van der Waals surface area contributed by atoms with Crippen LogP contribution in [0.1, 0.15) is 31.4 Å². The van der Waals surface area contributed by atoms with Crippen LogP contribution < -0.4 is 4.72 Å². The van der Waals surface area contributed by atoms with Gasteiger partial charge in [0, 0.05) is 26.0 Å². The first-order valence-electron chi connectivity index (χ1n) is 9.42. The van der Waals surface area contributed by atoms with E-state index in [2.05, 4.69) is 9.71 Å². The molecule has 152 valence electrons. The number of benzene rings is 1. The fourth-order valence-electron chi connectivity index (χ4n) is 2.87. The smallest absolute Gasteiger partial charge is 0.241 e. The molecule has 0 aliphatic carbocycles. The number of carbonyl (C=O) groups excluding carboxylic acids is 1. The van der Waals surface area contributed by atoms with Gasteiger partial charge in [0.25, 0.3) is 0 Å². The Bertz CT molecular complexity index is 866. The van der Waals surface area contributed by atoms with Crippen molar-refractivity contribution in [2.45, 2.75) is 44.6 Å². The van der Waals surface area contributed by atoms with E-state index in [0.29, 0.717) is 19.4 Å². The van der Waals surface area contributed by atoms with E-state index in [1.165, 1.54) is 0 Å². The number of hydrogen-bond donors (Lipinski definition) is 1. The normalized spacial score (nSPS) is 12.8. The number of amides is 1. The van der Waals surface area contributed by atoms with E-state index in [-0.39, 0.29) is 16.7 Å². The lowest BCUT2D eigenvalue weighted by Crippen LogP contribution is -2.48. The molecule has 0 unspecified atom stereocenters. The molecular weight excluding hydrogens is 374 g/mol. The van der Waals surface area contributed by atoms with Crippen molar-refractivity contribution >= 4 is 15.9 Å². The van der Waals surface area contributed by atoms with Crippen molar-refractivity contribution in [3.8, 4) is 0 Å². The van der Waals surface area contributed by atoms with Gasteiger partial charge in [0.05, 0.1) is 4.90 Å². The van der Waals surface area contributed by atoms with Crippen molar-refractivity contribution in [2.75, 3.05) is 13.6 Å². The van der Waals surface area contributed by atoms with Crippen LogP contribution >= 0.6 is 0 Å². The van der Waals surface area contributed by atoms with Gasteiger partial charge in [0.2, 0.25) is 15.9 Å². The Kier molecular flexibility index (Phi) is 7.71. The highest BCUT2D eigenvalue weighted by Gasteiger charge is 2.28. The van der Waals surface area contributed by atoms with Crippen molar-refractivity contribution in [2.24, 2.45) is 5.92 Å². The molecule has 1 heterocycles. The van der Waals surface area contributed by atoms with E-state index >= 15 is 0 Å². The molecule has 0 spiro atoms. The maximum Gasteiger partial charge on any atom is 0.241 e. The van der Waals surface area contributed by atoms with Gasteiger partial charge >= 0.3 is 0 Å². The van der Waals surface area contributed by atoms with Crippen LogP contribution in [0.15, 0.2) is 53.7 Å². The Morgan fingerprint density at radius 3 is 2.29 bits per heavy atom. The lowest BCUT2D eigenvalue weighted by molar-refractivity contribution is -0.132. The monoisotopic (exact) mass is 403 g/mol. The van der Waals surface area contributed by atoms with Crippen LogP contribution in [0, 0.1) is 12.8 Å². The number of nitrogens with one attached hydrogen (secondary N) is 1. The summed E-state index contributed by atoms with van der Waals surface area (Å²) in [6.45, 7) is 6.34. The molecule has 1 aromatic heterocycles. The molecule has 1 N–H and O–H groups in total. The maximum absolute atomic E-state index is 12.9. The summed E-state index contributed by atoms with van der Waals surface area (Å²) < 4.78 is 28.1. The molecule has 0 radical (unpaired) electrons. The van der Waals surface area contributed by atoms with Gasteiger partial charge < -0.3 is 4.90 Å². The van der Waals surface area contributed by atoms with Crippen LogP contribution in [0.3, 0.4) is 0 Å². The molecule has 0 aliphatic rings. The van der Waals surface area contributed by atoms with Crippen molar-refractivity contribution in [3.05, 3.63) is 59.9 Å². The second-order valence-electron chi connectivity index (χ2n) is 7.48. The summed E-state index contributed by atoms with van der Waals surface area (Å²) in [5.41, 5.74) is 2.06. The van der Waals surface area contributed by atoms with E-state index < -0.39 is 16.1 Å². The largest absolute Gasteiger partial charge is 0.344 e. The Morgan fingerprint density at radius 1 is 1.11 bits per heavy atom. The summed E-state index contributed by atoms with van der Waals surface area (Å²) >= 11 is 0. The molecule has 0 bridgehead atoms. The summed E-state index contributed by atoms with van der Waals surface area (Å²) in [7, 11) is -2.07. The highest BCUT2D eigenvalue weighted by atomic mass is 32.2. The number of likely N-dealkylation sites (N-methyl/N-ethyl adjacent to an activating group) is 1. The third-order valence-corrected chi connectivity index (χ3v) is 5.98. The molecule has 7 heteroatoms. The molecule has 0 aliphatic heterocycles. The van der Waals surface area contributed by atoms with E-state index in [1.54, 1.807) is 48.6 Å². The first-order chi connectivity index (χ1) is 13.2. The van der Waals surface area contributed by atoms with Gasteiger partial charge in [0.1, 0.15) is 6.04 Å². The van der Waals surface area contributed by atoms with Gasteiger partial charge in [0.15, 0.2) is 0 Å². The van der Waals surface area contributed by atoms with Crippen LogP contribution in [0.25, 0.3) is 0 Å². The Hall–Kier alpha value is -2.25. The van der Waals surface area contributed by atoms with Crippen LogP contribution in [0.2, 0.25) is 0 Å². The van der Waals surface area contributed by atoms with Gasteiger partial charge in [-0.25, -0.2) is 8.42 Å². The average molecular weight is 404 g/mol. The summed E-state index contributed by atoms with van der Waals surface area (Å²) in [6.07, 6.45) is 4.55. The van der Waals surface area contributed by atoms with E-state index in [0.717, 1.165) is 11.1 Å². The maximum atomic E-state index is 12.9. The molecule has 2 rings (SSSR count). The SMILES string of the molecule is Cc1ccc(S(=O)(=O)N[C@H](CC(C)C)C(=O)N(C)CCc2ccncc2)cc1. The zero-order valence-corrected chi connectivity index (χ0v) is 17.7. The Morgan fingerprint density at radius 2 is 1.71 bits per heavy atom. The standard InChI is InChI=1S/C21H29N3O3S/c1-16(2)15-20(23-28(26,27)19-7-5-17(3)6-8-19)21(25)24(4)14-11-18-9-12-22-13-10-18/h5-10,12-13,16,20,23H,11,14-15H2,1-4H3/t20-/m1/s1. The summed E-state index contributed by atoms with van der Waals surface area (Å²) in [5.74, 6) is -0.0540. The molecule has 2 aromatic rings. The second-order valence-corrected chi connectivity index (χ2v) is 9.20. The third-order valence-electron chi connectivity index (χ3n) is 4.50. The lowest BCUT2D eigenvalue weighted by Gasteiger charge is -2.26. The minimum absolute atomic E-state index is 0.166. The minimum atomic E-state index is -3.77. The highest BCUT2D eigenvalue weighted by Crippen LogP contribution is 2.15. The van der Waals surface area contributed by atoms with Gasteiger partial charge in [-0.3, -0.25) is 9.78 Å². The zero-order valence-electron chi connectivity index (χ0n) is 16.9. The summed E-state index contributed by atoms with van der Waals surface area (Å²) in [6, 6.07) is 9.62. The predicted octanol–water partition coefficient (Wildman–Crippen LogP) is 2.78. The summed E-state index contributed by atoms with van der Waals surface area (Å²) in [5, 5.41) is 0. The van der Waals surface area contributed by atoms with E-state index in [4.69, 9.17) is 0 Å². The predicted molar refractivity (Wildman–Crippen MR) is 110 cm³/mol. The van der Waals surface area contributed by atoms with E-state index in [9.17, 15) is 13.2 Å². The first kappa shape index (κ1) is 22.0. The number of hydrogen-bond acceptors (Lipinski definition) is 4. The van der Waals surface area contributed by atoms with Crippen molar-refractivity contribution in [1.82, 2.24) is 14.6 Å². The Balaban J connectivity index is 2.10. The van der Waals surface area contributed by atoms with Crippen molar-refractivity contribution in [1.29, 1.82) is 0 Å². The second kappa shape index (κ2) is 9.80. The third kappa shape index (κ3) is 6.42. The van der Waals surface area contributed by atoms with Gasteiger partial charge in [-0.1, -0.05) is 31.5 Å². The molecule has 1 atom stereocenters. The van der Waals surface area contributed by atoms with Gasteiger partial charge in [-0.05, 0) is 55.5 Å². The molecule has 28 heavy (non-hydrogen) atoms. The number of pyridine rings is 1. The van der Waals surface area contributed by atoms with Gasteiger partial charge in [-0.2, -0.15) is 4.72 Å². The molecule has 0 fully saturated rings. The quantitative estimate of drug-likeness (QED) is 0.698. The van der Waals surface area contributed by atoms with E-state index in [1.807, 2.05) is 32.9 Å². The molecule has 0 saturated carbocycles. The molecular formula is C21H29N3O3S. The van der Waals surface area contributed by atoms with Crippen LogP contribution in [-0.4, -0.2) is 43.8 Å².